The highest BCUT2D eigenvalue weighted by atomic mass is 19.4. The second kappa shape index (κ2) is 6.96. The second-order valence-corrected chi connectivity index (χ2v) is 5.12. The van der Waals surface area contributed by atoms with Crippen molar-refractivity contribution in [3.05, 3.63) is 45.6 Å². The maximum absolute atomic E-state index is 12.4. The van der Waals surface area contributed by atoms with Crippen molar-refractivity contribution in [3.8, 4) is 22.8 Å². The number of ether oxygens (including phenoxy) is 2. The SMILES string of the molecule is CCc1cc([N+](=O)[O-])c(C)nc1-c1ccc(OC(F)(F)F)cc1OC. The monoisotopic (exact) mass is 356 g/mol. The number of nitrogens with zero attached hydrogens (tertiary/aromatic N) is 2. The number of aryl methyl sites for hydroxylation is 2. The summed E-state index contributed by atoms with van der Waals surface area (Å²) in [6.45, 7) is 3.29. The van der Waals surface area contributed by atoms with Crippen LogP contribution >= 0.6 is 0 Å². The Bertz CT molecular complexity index is 807. The predicted octanol–water partition coefficient (Wildman–Crippen LogP) is 4.43. The van der Waals surface area contributed by atoms with Crippen molar-refractivity contribution in [2.45, 2.75) is 26.6 Å². The average Bonchev–Trinajstić information content (AvgIpc) is 2.52. The fraction of sp³-hybridized carbons (Fsp3) is 0.312. The number of alkyl halides is 3. The van der Waals surface area contributed by atoms with Crippen LogP contribution in [0.2, 0.25) is 0 Å². The van der Waals surface area contributed by atoms with Gasteiger partial charge in [-0.2, -0.15) is 0 Å². The Labute approximate surface area is 141 Å². The third-order valence-electron chi connectivity index (χ3n) is 3.50. The van der Waals surface area contributed by atoms with Crippen molar-refractivity contribution < 1.29 is 27.6 Å². The van der Waals surface area contributed by atoms with Gasteiger partial charge < -0.3 is 9.47 Å². The number of nitro groups is 1. The zero-order valence-corrected chi connectivity index (χ0v) is 13.7. The van der Waals surface area contributed by atoms with Gasteiger partial charge in [-0.3, -0.25) is 10.1 Å². The zero-order valence-electron chi connectivity index (χ0n) is 13.7. The summed E-state index contributed by atoms with van der Waals surface area (Å²) >= 11 is 0. The van der Waals surface area contributed by atoms with Crippen LogP contribution in [0, 0.1) is 17.0 Å². The maximum Gasteiger partial charge on any atom is 0.573 e. The molecule has 0 aliphatic heterocycles. The molecule has 0 spiro atoms. The molecule has 0 fully saturated rings. The number of rotatable bonds is 5. The van der Waals surface area contributed by atoms with Gasteiger partial charge in [0.05, 0.1) is 17.7 Å². The van der Waals surface area contributed by atoms with Gasteiger partial charge in [0.1, 0.15) is 17.2 Å². The lowest BCUT2D eigenvalue weighted by Crippen LogP contribution is -2.17. The molecular weight excluding hydrogens is 341 g/mol. The number of hydrogen-bond acceptors (Lipinski definition) is 5. The molecule has 1 aromatic carbocycles. The summed E-state index contributed by atoms with van der Waals surface area (Å²) in [6, 6.07) is 5.04. The summed E-state index contributed by atoms with van der Waals surface area (Å²) in [4.78, 5) is 14.8. The molecule has 0 N–H and O–H groups in total. The van der Waals surface area contributed by atoms with Crippen molar-refractivity contribution in [1.82, 2.24) is 4.98 Å². The average molecular weight is 356 g/mol. The molecule has 134 valence electrons. The first kappa shape index (κ1) is 18.5. The Morgan fingerprint density at radius 1 is 1.28 bits per heavy atom. The standard InChI is InChI=1S/C16H15F3N2O4/c1-4-10-7-13(21(22)23)9(2)20-15(10)12-6-5-11(8-14(12)24-3)25-16(17,18)19/h5-8H,4H2,1-3H3. The van der Waals surface area contributed by atoms with Crippen LogP contribution in [0.15, 0.2) is 24.3 Å². The molecule has 6 nitrogen and oxygen atoms in total. The quantitative estimate of drug-likeness (QED) is 0.585. The van der Waals surface area contributed by atoms with Crippen LogP contribution < -0.4 is 9.47 Å². The van der Waals surface area contributed by atoms with Gasteiger partial charge >= 0.3 is 6.36 Å². The zero-order chi connectivity index (χ0) is 18.8. The molecule has 0 amide bonds. The largest absolute Gasteiger partial charge is 0.573 e. The number of benzene rings is 1. The van der Waals surface area contributed by atoms with Gasteiger partial charge in [0.25, 0.3) is 5.69 Å². The molecule has 0 radical (unpaired) electrons. The Balaban J connectivity index is 2.58. The fourth-order valence-electron chi connectivity index (χ4n) is 2.39. The summed E-state index contributed by atoms with van der Waals surface area (Å²) in [5, 5.41) is 11.1. The van der Waals surface area contributed by atoms with E-state index in [1.807, 2.05) is 0 Å². The highest BCUT2D eigenvalue weighted by Crippen LogP contribution is 2.37. The van der Waals surface area contributed by atoms with Gasteiger partial charge in [-0.05, 0) is 31.0 Å². The Kier molecular flexibility index (Phi) is 5.15. The first-order valence-electron chi connectivity index (χ1n) is 7.25. The summed E-state index contributed by atoms with van der Waals surface area (Å²) < 4.78 is 46.1. The molecule has 1 heterocycles. The summed E-state index contributed by atoms with van der Waals surface area (Å²) in [5.41, 5.74) is 1.51. The van der Waals surface area contributed by atoms with E-state index in [1.165, 1.54) is 26.2 Å². The molecule has 0 atom stereocenters. The molecule has 0 unspecified atom stereocenters. The Morgan fingerprint density at radius 2 is 1.96 bits per heavy atom. The number of pyridine rings is 1. The minimum absolute atomic E-state index is 0.114. The summed E-state index contributed by atoms with van der Waals surface area (Å²) in [6.07, 6.45) is -4.36. The van der Waals surface area contributed by atoms with Crippen LogP contribution in [0.3, 0.4) is 0 Å². The van der Waals surface area contributed by atoms with E-state index in [0.29, 0.717) is 23.2 Å². The molecule has 0 bridgehead atoms. The van der Waals surface area contributed by atoms with Crippen LogP contribution in [0.5, 0.6) is 11.5 Å². The molecule has 1 aromatic heterocycles. The first-order valence-corrected chi connectivity index (χ1v) is 7.25. The molecule has 9 heteroatoms. The van der Waals surface area contributed by atoms with Crippen molar-refractivity contribution in [3.63, 3.8) is 0 Å². The first-order chi connectivity index (χ1) is 11.7. The molecule has 0 saturated heterocycles. The smallest absolute Gasteiger partial charge is 0.496 e. The van der Waals surface area contributed by atoms with Gasteiger partial charge in [-0.15, -0.1) is 13.2 Å². The lowest BCUT2D eigenvalue weighted by atomic mass is 10.0. The maximum atomic E-state index is 12.4. The van der Waals surface area contributed by atoms with Gasteiger partial charge in [-0.1, -0.05) is 6.92 Å². The normalized spacial score (nSPS) is 11.3. The van der Waals surface area contributed by atoms with E-state index >= 15 is 0 Å². The van der Waals surface area contributed by atoms with Crippen molar-refractivity contribution in [2.24, 2.45) is 0 Å². The van der Waals surface area contributed by atoms with Crippen LogP contribution in [-0.4, -0.2) is 23.4 Å². The Morgan fingerprint density at radius 3 is 2.48 bits per heavy atom. The van der Waals surface area contributed by atoms with Crippen LogP contribution in [0.25, 0.3) is 11.3 Å². The number of halogens is 3. The summed E-state index contributed by atoms with van der Waals surface area (Å²) in [5.74, 6) is -0.304. The summed E-state index contributed by atoms with van der Waals surface area (Å²) in [7, 11) is 1.31. The van der Waals surface area contributed by atoms with E-state index in [4.69, 9.17) is 4.74 Å². The molecule has 0 saturated carbocycles. The van der Waals surface area contributed by atoms with E-state index in [1.54, 1.807) is 6.92 Å². The van der Waals surface area contributed by atoms with Crippen molar-refractivity contribution in [1.29, 1.82) is 0 Å². The molecular formula is C16H15F3N2O4. The number of hydrogen-bond donors (Lipinski definition) is 0. The predicted molar refractivity (Wildman–Crippen MR) is 83.7 cm³/mol. The third kappa shape index (κ3) is 4.17. The van der Waals surface area contributed by atoms with E-state index in [2.05, 4.69) is 9.72 Å². The fourth-order valence-corrected chi connectivity index (χ4v) is 2.39. The topological polar surface area (TPSA) is 74.5 Å². The van der Waals surface area contributed by atoms with Gasteiger partial charge in [0, 0.05) is 17.7 Å². The van der Waals surface area contributed by atoms with E-state index < -0.39 is 17.0 Å². The van der Waals surface area contributed by atoms with E-state index in [0.717, 1.165) is 12.1 Å². The highest BCUT2D eigenvalue weighted by Gasteiger charge is 2.31. The molecule has 0 aliphatic rings. The van der Waals surface area contributed by atoms with Crippen molar-refractivity contribution in [2.75, 3.05) is 7.11 Å². The number of methoxy groups -OCH3 is 1. The lowest BCUT2D eigenvalue weighted by molar-refractivity contribution is -0.385. The van der Waals surface area contributed by atoms with Gasteiger partial charge in [-0.25, -0.2) is 4.98 Å². The minimum Gasteiger partial charge on any atom is -0.496 e. The third-order valence-corrected chi connectivity index (χ3v) is 3.50. The second-order valence-electron chi connectivity index (χ2n) is 5.12. The minimum atomic E-state index is -4.82. The molecule has 0 aliphatic carbocycles. The molecule has 2 aromatic rings. The molecule has 25 heavy (non-hydrogen) atoms. The van der Waals surface area contributed by atoms with Crippen LogP contribution in [0.4, 0.5) is 18.9 Å². The van der Waals surface area contributed by atoms with E-state index in [9.17, 15) is 23.3 Å². The van der Waals surface area contributed by atoms with Crippen LogP contribution in [-0.2, 0) is 6.42 Å². The highest BCUT2D eigenvalue weighted by molar-refractivity contribution is 5.72. The number of aromatic nitrogens is 1. The van der Waals surface area contributed by atoms with Gasteiger partial charge in [0.15, 0.2) is 0 Å². The molecule has 2 rings (SSSR count). The Hall–Kier alpha value is -2.84. The van der Waals surface area contributed by atoms with Crippen molar-refractivity contribution >= 4 is 5.69 Å². The lowest BCUT2D eigenvalue weighted by Gasteiger charge is -2.15. The van der Waals surface area contributed by atoms with Crippen LogP contribution in [0.1, 0.15) is 18.2 Å². The van der Waals surface area contributed by atoms with Gasteiger partial charge in [0.2, 0.25) is 0 Å². The van der Waals surface area contributed by atoms with E-state index in [-0.39, 0.29) is 17.1 Å².